The zero-order valence-electron chi connectivity index (χ0n) is 17.6. The molecule has 0 spiro atoms. The van der Waals surface area contributed by atoms with Crippen LogP contribution in [-0.4, -0.2) is 37.2 Å². The maximum Gasteiger partial charge on any atom is 0.230 e. The van der Waals surface area contributed by atoms with Crippen LogP contribution in [0.3, 0.4) is 0 Å². The van der Waals surface area contributed by atoms with E-state index >= 15 is 0 Å². The minimum absolute atomic E-state index is 0.154. The van der Waals surface area contributed by atoms with Gasteiger partial charge in [-0.05, 0) is 60.2 Å². The number of carbonyl (C=O) groups is 1. The fraction of sp³-hybridized carbons (Fsp3) is 0.174. The van der Waals surface area contributed by atoms with Gasteiger partial charge in [0, 0.05) is 23.3 Å². The molecule has 0 atom stereocenters. The Morgan fingerprint density at radius 3 is 2.52 bits per heavy atom. The van der Waals surface area contributed by atoms with Crippen molar-refractivity contribution in [1.29, 1.82) is 0 Å². The molecule has 33 heavy (non-hydrogen) atoms. The van der Waals surface area contributed by atoms with Crippen molar-refractivity contribution in [2.24, 2.45) is 0 Å². The van der Waals surface area contributed by atoms with Gasteiger partial charge in [0.05, 0.1) is 34.5 Å². The van der Waals surface area contributed by atoms with Crippen LogP contribution in [0.15, 0.2) is 76.4 Å². The lowest BCUT2D eigenvalue weighted by Gasteiger charge is -2.20. The fourth-order valence-electron chi connectivity index (χ4n) is 3.19. The summed E-state index contributed by atoms with van der Waals surface area (Å²) in [7, 11) is -2.12. The predicted molar refractivity (Wildman–Crippen MR) is 132 cm³/mol. The van der Waals surface area contributed by atoms with E-state index in [0.29, 0.717) is 10.9 Å². The van der Waals surface area contributed by atoms with E-state index in [1.54, 1.807) is 24.5 Å². The van der Waals surface area contributed by atoms with Gasteiger partial charge >= 0.3 is 0 Å². The number of pyridine rings is 1. The standard InChI is InChI=1S/C23H20BrN3O4S2/c1-31-18-3-5-19(6-4-18)33(29,30)13-10-22(28)27(15-16-8-11-25-12-9-16)23-26-20-7-2-17(24)14-21(20)32-23/h2-9,11-12,14H,10,13,15H2,1H3. The Morgan fingerprint density at radius 1 is 1.09 bits per heavy atom. The zero-order valence-corrected chi connectivity index (χ0v) is 20.9. The number of anilines is 1. The molecule has 0 bridgehead atoms. The summed E-state index contributed by atoms with van der Waals surface area (Å²) in [6.45, 7) is 0.269. The molecule has 4 rings (SSSR count). The molecule has 0 aliphatic heterocycles. The van der Waals surface area contributed by atoms with E-state index in [2.05, 4.69) is 25.9 Å². The van der Waals surface area contributed by atoms with Crippen molar-refractivity contribution in [2.45, 2.75) is 17.9 Å². The molecule has 0 saturated carbocycles. The van der Waals surface area contributed by atoms with Crippen LogP contribution in [0.4, 0.5) is 5.13 Å². The van der Waals surface area contributed by atoms with E-state index in [1.165, 1.54) is 35.5 Å². The summed E-state index contributed by atoms with van der Waals surface area (Å²) in [4.78, 5) is 23.6. The van der Waals surface area contributed by atoms with Crippen molar-refractivity contribution in [3.8, 4) is 5.75 Å². The van der Waals surface area contributed by atoms with Crippen molar-refractivity contribution >= 4 is 58.4 Å². The van der Waals surface area contributed by atoms with Crippen LogP contribution in [0.1, 0.15) is 12.0 Å². The van der Waals surface area contributed by atoms with Gasteiger partial charge in [-0.25, -0.2) is 13.4 Å². The molecule has 10 heteroatoms. The Labute approximate surface area is 204 Å². The number of benzene rings is 2. The SMILES string of the molecule is COc1ccc(S(=O)(=O)CCC(=O)N(Cc2ccncc2)c2nc3ccc(Br)cc3s2)cc1. The van der Waals surface area contributed by atoms with Gasteiger partial charge < -0.3 is 4.74 Å². The van der Waals surface area contributed by atoms with E-state index in [-0.39, 0.29) is 29.5 Å². The van der Waals surface area contributed by atoms with Crippen molar-refractivity contribution in [3.05, 3.63) is 77.0 Å². The molecule has 0 radical (unpaired) electrons. The molecule has 0 aliphatic rings. The molecule has 0 fully saturated rings. The van der Waals surface area contributed by atoms with Crippen molar-refractivity contribution in [1.82, 2.24) is 9.97 Å². The molecule has 0 saturated heterocycles. The highest BCUT2D eigenvalue weighted by molar-refractivity contribution is 9.10. The average molecular weight is 546 g/mol. The first-order valence-electron chi connectivity index (χ1n) is 9.98. The number of amides is 1. The zero-order chi connectivity index (χ0) is 23.4. The summed E-state index contributed by atoms with van der Waals surface area (Å²) >= 11 is 4.84. The second-order valence-electron chi connectivity index (χ2n) is 7.19. The van der Waals surface area contributed by atoms with Crippen molar-refractivity contribution in [3.63, 3.8) is 0 Å². The summed E-state index contributed by atoms with van der Waals surface area (Å²) < 4.78 is 32.5. The second kappa shape index (κ2) is 9.98. The van der Waals surface area contributed by atoms with Gasteiger partial charge in [0.1, 0.15) is 5.75 Å². The third kappa shape index (κ3) is 5.58. The Bertz CT molecular complexity index is 1370. The lowest BCUT2D eigenvalue weighted by molar-refractivity contribution is -0.118. The average Bonchev–Trinajstić information content (AvgIpc) is 3.24. The molecule has 170 valence electrons. The molecule has 0 unspecified atom stereocenters. The fourth-order valence-corrected chi connectivity index (χ4v) is 5.96. The van der Waals surface area contributed by atoms with Crippen molar-refractivity contribution < 1.29 is 17.9 Å². The largest absolute Gasteiger partial charge is 0.497 e. The number of ether oxygens (including phenoxy) is 1. The summed E-state index contributed by atoms with van der Waals surface area (Å²) in [6.07, 6.45) is 3.14. The van der Waals surface area contributed by atoms with E-state index in [9.17, 15) is 13.2 Å². The third-order valence-electron chi connectivity index (χ3n) is 4.96. The van der Waals surface area contributed by atoms with Crippen LogP contribution >= 0.6 is 27.3 Å². The maximum absolute atomic E-state index is 13.3. The number of nitrogens with zero attached hydrogens (tertiary/aromatic N) is 3. The lowest BCUT2D eigenvalue weighted by Crippen LogP contribution is -2.31. The first kappa shape index (κ1) is 23.3. The van der Waals surface area contributed by atoms with E-state index < -0.39 is 9.84 Å². The Hall–Kier alpha value is -2.82. The number of carbonyl (C=O) groups excluding carboxylic acids is 1. The number of thiazole rings is 1. The van der Waals surface area contributed by atoms with Gasteiger partial charge in [0.2, 0.25) is 5.91 Å². The number of fused-ring (bicyclic) bond motifs is 1. The van der Waals surface area contributed by atoms with Crippen LogP contribution < -0.4 is 9.64 Å². The van der Waals surface area contributed by atoms with Gasteiger partial charge in [-0.15, -0.1) is 0 Å². The minimum atomic E-state index is -3.64. The monoisotopic (exact) mass is 545 g/mol. The van der Waals surface area contributed by atoms with Gasteiger partial charge in [-0.1, -0.05) is 27.3 Å². The highest BCUT2D eigenvalue weighted by Crippen LogP contribution is 2.32. The molecule has 2 aromatic heterocycles. The number of halogens is 1. The maximum atomic E-state index is 13.3. The van der Waals surface area contributed by atoms with Crippen LogP contribution in [0.25, 0.3) is 10.2 Å². The first-order valence-corrected chi connectivity index (χ1v) is 13.2. The number of aromatic nitrogens is 2. The number of sulfone groups is 1. The van der Waals surface area contributed by atoms with E-state index in [1.807, 2.05) is 30.3 Å². The first-order chi connectivity index (χ1) is 15.9. The summed E-state index contributed by atoms with van der Waals surface area (Å²) in [5.74, 6) is -0.0559. The van der Waals surface area contributed by atoms with Crippen LogP contribution in [0, 0.1) is 0 Å². The Balaban J connectivity index is 1.58. The highest BCUT2D eigenvalue weighted by atomic mass is 79.9. The quantitative estimate of drug-likeness (QED) is 0.314. The topological polar surface area (TPSA) is 89.5 Å². The molecule has 2 heterocycles. The van der Waals surface area contributed by atoms with Crippen LogP contribution in [0.2, 0.25) is 0 Å². The van der Waals surface area contributed by atoms with Crippen LogP contribution in [0.5, 0.6) is 5.75 Å². The summed E-state index contributed by atoms with van der Waals surface area (Å²) in [6, 6.07) is 15.5. The smallest absolute Gasteiger partial charge is 0.230 e. The highest BCUT2D eigenvalue weighted by Gasteiger charge is 2.23. The molecule has 2 aromatic carbocycles. The van der Waals surface area contributed by atoms with Gasteiger partial charge in [-0.2, -0.15) is 0 Å². The number of methoxy groups -OCH3 is 1. The van der Waals surface area contributed by atoms with Crippen molar-refractivity contribution in [2.75, 3.05) is 17.8 Å². The number of hydrogen-bond acceptors (Lipinski definition) is 7. The molecular weight excluding hydrogens is 526 g/mol. The van der Waals surface area contributed by atoms with E-state index in [4.69, 9.17) is 4.74 Å². The summed E-state index contributed by atoms with van der Waals surface area (Å²) in [5.41, 5.74) is 1.65. The molecule has 7 nitrogen and oxygen atoms in total. The molecular formula is C23H20BrN3O4S2. The normalized spacial score (nSPS) is 11.5. The number of rotatable bonds is 8. The molecule has 4 aromatic rings. The lowest BCUT2D eigenvalue weighted by atomic mass is 10.2. The van der Waals surface area contributed by atoms with Gasteiger partial charge in [-0.3, -0.25) is 14.7 Å². The molecule has 0 N–H and O–H groups in total. The Kier molecular flexibility index (Phi) is 7.06. The molecule has 0 aliphatic carbocycles. The predicted octanol–water partition coefficient (Wildman–Crippen LogP) is 4.86. The third-order valence-corrected chi connectivity index (χ3v) is 8.23. The minimum Gasteiger partial charge on any atom is -0.497 e. The summed E-state index contributed by atoms with van der Waals surface area (Å²) in [5, 5.41) is 0.520. The number of hydrogen-bond donors (Lipinski definition) is 0. The van der Waals surface area contributed by atoms with Crippen LogP contribution in [-0.2, 0) is 21.2 Å². The van der Waals surface area contributed by atoms with Gasteiger partial charge in [0.15, 0.2) is 15.0 Å². The van der Waals surface area contributed by atoms with Gasteiger partial charge in [0.25, 0.3) is 0 Å². The molecule has 1 amide bonds. The van der Waals surface area contributed by atoms with E-state index in [0.717, 1.165) is 20.3 Å². The second-order valence-corrected chi connectivity index (χ2v) is 11.2. The Morgan fingerprint density at radius 2 is 1.82 bits per heavy atom.